The quantitative estimate of drug-likeness (QED) is 0.680. The maximum absolute atomic E-state index is 13.1. The van der Waals surface area contributed by atoms with Gasteiger partial charge >= 0.3 is 0 Å². The fourth-order valence-electron chi connectivity index (χ4n) is 3.48. The van der Waals surface area contributed by atoms with Gasteiger partial charge in [-0.05, 0) is 55.2 Å². The van der Waals surface area contributed by atoms with Crippen LogP contribution in [0.1, 0.15) is 48.9 Å². The van der Waals surface area contributed by atoms with E-state index in [1.807, 2.05) is 39.0 Å². The van der Waals surface area contributed by atoms with E-state index in [2.05, 4.69) is 4.72 Å². The number of nitrogens with one attached hydrogen (secondary N) is 1. The van der Waals surface area contributed by atoms with Crippen LogP contribution in [-0.2, 0) is 19.6 Å². The van der Waals surface area contributed by atoms with Crippen LogP contribution < -0.4 is 14.4 Å². The van der Waals surface area contributed by atoms with Crippen LogP contribution in [0.25, 0.3) is 0 Å². The molecule has 0 bridgehead atoms. The number of sulfonamides is 1. The minimum atomic E-state index is -3.91. The summed E-state index contributed by atoms with van der Waals surface area (Å²) in [5, 5.41) is 0. The second-order valence-electron chi connectivity index (χ2n) is 7.38. The number of imide groups is 1. The lowest BCUT2D eigenvalue weighted by molar-refractivity contribution is -0.121. The fourth-order valence-corrected chi connectivity index (χ4v) is 4.81. The normalized spacial score (nSPS) is 15.5. The van der Waals surface area contributed by atoms with Crippen LogP contribution in [0.4, 0.5) is 5.69 Å². The summed E-state index contributed by atoms with van der Waals surface area (Å²) in [6.07, 6.45) is 0.762. The molecule has 3 rings (SSSR count). The third-order valence-electron chi connectivity index (χ3n) is 5.39. The van der Waals surface area contributed by atoms with Gasteiger partial charge in [0.2, 0.25) is 21.8 Å². The molecule has 0 radical (unpaired) electrons. The topological polar surface area (TPSA) is 92.8 Å². The molecule has 7 nitrogen and oxygen atoms in total. The molecule has 8 heteroatoms. The highest BCUT2D eigenvalue weighted by Gasteiger charge is 2.33. The van der Waals surface area contributed by atoms with Gasteiger partial charge in [-0.15, -0.1) is 0 Å². The average molecular weight is 431 g/mol. The van der Waals surface area contributed by atoms with Crippen molar-refractivity contribution in [2.75, 3.05) is 12.0 Å². The largest absolute Gasteiger partial charge is 0.495 e. The van der Waals surface area contributed by atoms with Crippen molar-refractivity contribution in [2.24, 2.45) is 0 Å². The van der Waals surface area contributed by atoms with Crippen LogP contribution in [0.3, 0.4) is 0 Å². The number of amides is 2. The number of aryl methyl sites for hydroxylation is 2. The zero-order valence-electron chi connectivity index (χ0n) is 17.6. The Labute approximate surface area is 177 Å². The van der Waals surface area contributed by atoms with Crippen LogP contribution in [0.15, 0.2) is 41.3 Å². The zero-order chi connectivity index (χ0) is 22.1. The van der Waals surface area contributed by atoms with Crippen LogP contribution in [0, 0.1) is 13.8 Å². The van der Waals surface area contributed by atoms with Crippen LogP contribution in [0.5, 0.6) is 5.75 Å². The van der Waals surface area contributed by atoms with Crippen LogP contribution >= 0.6 is 0 Å². The number of nitrogens with zero attached hydrogens (tertiary/aromatic N) is 1. The number of ether oxygens (including phenoxy) is 1. The predicted molar refractivity (Wildman–Crippen MR) is 114 cm³/mol. The zero-order valence-corrected chi connectivity index (χ0v) is 18.4. The first-order chi connectivity index (χ1) is 14.2. The van der Waals surface area contributed by atoms with E-state index in [1.165, 1.54) is 25.3 Å². The average Bonchev–Trinajstić information content (AvgIpc) is 3.05. The molecule has 2 amide bonds. The number of hydrogen-bond donors (Lipinski definition) is 1. The van der Waals surface area contributed by atoms with Gasteiger partial charge in [0.1, 0.15) is 5.75 Å². The van der Waals surface area contributed by atoms with Gasteiger partial charge in [0.25, 0.3) is 0 Å². The lowest BCUT2D eigenvalue weighted by Crippen LogP contribution is -2.31. The molecule has 30 heavy (non-hydrogen) atoms. The number of methoxy groups -OCH3 is 1. The molecule has 0 unspecified atom stereocenters. The summed E-state index contributed by atoms with van der Waals surface area (Å²) in [6.45, 7) is 5.90. The van der Waals surface area contributed by atoms with Gasteiger partial charge in [-0.3, -0.25) is 9.59 Å². The van der Waals surface area contributed by atoms with Gasteiger partial charge in [-0.2, -0.15) is 0 Å². The van der Waals surface area contributed by atoms with Crippen molar-refractivity contribution < 1.29 is 22.7 Å². The number of rotatable bonds is 7. The Morgan fingerprint density at radius 1 is 1.03 bits per heavy atom. The molecule has 2 aromatic carbocycles. The Kier molecular flexibility index (Phi) is 6.28. The summed E-state index contributed by atoms with van der Waals surface area (Å²) in [5.41, 5.74) is 3.24. The van der Waals surface area contributed by atoms with E-state index in [0.717, 1.165) is 21.6 Å². The van der Waals surface area contributed by atoms with Gasteiger partial charge in [-0.1, -0.05) is 25.1 Å². The number of hydrogen-bond acceptors (Lipinski definition) is 5. The third-order valence-corrected chi connectivity index (χ3v) is 6.86. The Morgan fingerprint density at radius 2 is 1.70 bits per heavy atom. The molecule has 1 aliphatic rings. The summed E-state index contributed by atoms with van der Waals surface area (Å²) < 4.78 is 34.2. The molecular weight excluding hydrogens is 404 g/mol. The molecular formula is C22H26N2O5S. The van der Waals surface area contributed by atoms with Gasteiger partial charge in [0.15, 0.2) is 0 Å². The molecule has 1 heterocycles. The van der Waals surface area contributed by atoms with Gasteiger partial charge in [0.05, 0.1) is 17.7 Å². The van der Waals surface area contributed by atoms with Crippen molar-refractivity contribution in [1.82, 2.24) is 4.72 Å². The SMILES string of the molecule is CC[C@@H](NS(=O)(=O)c1ccc(OC)c(N2C(=O)CCC2=O)c1)c1ccc(C)c(C)c1. The van der Waals surface area contributed by atoms with E-state index >= 15 is 0 Å². The predicted octanol–water partition coefficient (Wildman–Crippen LogP) is 3.40. The third kappa shape index (κ3) is 4.24. The van der Waals surface area contributed by atoms with Gasteiger partial charge < -0.3 is 4.74 Å². The van der Waals surface area contributed by atoms with Crippen molar-refractivity contribution in [3.63, 3.8) is 0 Å². The first kappa shape index (κ1) is 22.0. The van der Waals surface area contributed by atoms with Crippen molar-refractivity contribution in [3.05, 3.63) is 53.1 Å². The Bertz CT molecular complexity index is 1080. The Hall–Kier alpha value is -2.71. The van der Waals surface area contributed by atoms with Crippen molar-refractivity contribution in [2.45, 2.75) is 51.0 Å². The van der Waals surface area contributed by atoms with Crippen LogP contribution in [0.2, 0.25) is 0 Å². The molecule has 2 aromatic rings. The van der Waals surface area contributed by atoms with Crippen LogP contribution in [-0.4, -0.2) is 27.3 Å². The molecule has 1 saturated heterocycles. The first-order valence-electron chi connectivity index (χ1n) is 9.81. The first-order valence-corrected chi connectivity index (χ1v) is 11.3. The summed E-state index contributed by atoms with van der Waals surface area (Å²) in [5.74, 6) is -0.483. The molecule has 0 saturated carbocycles. The standard InChI is InChI=1S/C22H26N2O5S/c1-5-18(16-7-6-14(2)15(3)12-16)23-30(27,28)17-8-9-20(29-4)19(13-17)24-21(25)10-11-22(24)26/h6-9,12-13,18,23H,5,10-11H2,1-4H3/t18-/m1/s1. The molecule has 1 N–H and O–H groups in total. The molecule has 1 fully saturated rings. The summed E-state index contributed by atoms with van der Waals surface area (Å²) >= 11 is 0. The van der Waals surface area contributed by atoms with E-state index in [4.69, 9.17) is 4.74 Å². The second kappa shape index (κ2) is 8.57. The van der Waals surface area contributed by atoms with E-state index in [1.54, 1.807) is 0 Å². The lowest BCUT2D eigenvalue weighted by atomic mass is 10.0. The molecule has 1 aliphatic heterocycles. The summed E-state index contributed by atoms with van der Waals surface area (Å²) in [4.78, 5) is 25.3. The van der Waals surface area contributed by atoms with E-state index in [-0.39, 0.29) is 41.0 Å². The van der Waals surface area contributed by atoms with E-state index < -0.39 is 16.1 Å². The lowest BCUT2D eigenvalue weighted by Gasteiger charge is -2.21. The van der Waals surface area contributed by atoms with Crippen molar-refractivity contribution in [3.8, 4) is 5.75 Å². The van der Waals surface area contributed by atoms with Crippen molar-refractivity contribution >= 4 is 27.5 Å². The molecule has 1 atom stereocenters. The van der Waals surface area contributed by atoms with Gasteiger partial charge in [0, 0.05) is 18.9 Å². The number of carbonyl (C=O) groups excluding carboxylic acids is 2. The number of carbonyl (C=O) groups is 2. The minimum Gasteiger partial charge on any atom is -0.495 e. The van der Waals surface area contributed by atoms with Crippen molar-refractivity contribution in [1.29, 1.82) is 0 Å². The number of benzene rings is 2. The Balaban J connectivity index is 1.97. The smallest absolute Gasteiger partial charge is 0.241 e. The second-order valence-corrected chi connectivity index (χ2v) is 9.10. The Morgan fingerprint density at radius 3 is 2.27 bits per heavy atom. The highest BCUT2D eigenvalue weighted by molar-refractivity contribution is 7.89. The minimum absolute atomic E-state index is 0.0342. The fraction of sp³-hybridized carbons (Fsp3) is 0.364. The molecule has 0 spiro atoms. The highest BCUT2D eigenvalue weighted by Crippen LogP contribution is 2.34. The van der Waals surface area contributed by atoms with Gasteiger partial charge in [-0.25, -0.2) is 18.0 Å². The highest BCUT2D eigenvalue weighted by atomic mass is 32.2. The van der Waals surface area contributed by atoms with E-state index in [9.17, 15) is 18.0 Å². The monoisotopic (exact) mass is 430 g/mol. The maximum Gasteiger partial charge on any atom is 0.241 e. The molecule has 0 aromatic heterocycles. The molecule has 0 aliphatic carbocycles. The van der Waals surface area contributed by atoms with E-state index in [0.29, 0.717) is 6.42 Å². The molecule has 160 valence electrons. The maximum atomic E-state index is 13.1. The summed E-state index contributed by atoms with van der Waals surface area (Å²) in [7, 11) is -2.50. The summed E-state index contributed by atoms with van der Waals surface area (Å²) in [6, 6.07) is 9.64. The number of anilines is 1.